The Morgan fingerprint density at radius 1 is 1.46 bits per heavy atom. The topological polar surface area (TPSA) is 20.2 Å². The van der Waals surface area contributed by atoms with Crippen LogP contribution in [-0.2, 0) is 0 Å². The van der Waals surface area contributed by atoms with Crippen molar-refractivity contribution in [3.8, 4) is 11.8 Å². The fourth-order valence-electron chi connectivity index (χ4n) is 0.803. The van der Waals surface area contributed by atoms with Gasteiger partial charge in [0.25, 0.3) is 0 Å². The standard InChI is InChI=1S/C11H14OS/c1-11(2,3)7-6-9(12)10-5-4-8-13-10/h4-5,8-9,12H,1-3H3/t9-/m0/s1. The van der Waals surface area contributed by atoms with E-state index in [0.29, 0.717) is 0 Å². The van der Waals surface area contributed by atoms with E-state index < -0.39 is 6.10 Å². The summed E-state index contributed by atoms with van der Waals surface area (Å²) in [6, 6.07) is 3.81. The van der Waals surface area contributed by atoms with Gasteiger partial charge in [0.2, 0.25) is 0 Å². The SMILES string of the molecule is CC(C)(C)C#C[C@H](O)c1cccs1. The summed E-state index contributed by atoms with van der Waals surface area (Å²) in [5, 5.41) is 11.6. The van der Waals surface area contributed by atoms with Gasteiger partial charge < -0.3 is 5.11 Å². The van der Waals surface area contributed by atoms with E-state index in [9.17, 15) is 5.11 Å². The van der Waals surface area contributed by atoms with Crippen LogP contribution < -0.4 is 0 Å². The van der Waals surface area contributed by atoms with Crippen LogP contribution in [0, 0.1) is 17.3 Å². The highest BCUT2D eigenvalue weighted by molar-refractivity contribution is 7.10. The molecular formula is C11H14OS. The van der Waals surface area contributed by atoms with Crippen molar-refractivity contribution >= 4 is 11.3 Å². The van der Waals surface area contributed by atoms with E-state index in [1.807, 2.05) is 38.3 Å². The second-order valence-corrected chi connectivity index (χ2v) is 4.92. The Bertz CT molecular complexity index is 308. The molecule has 70 valence electrons. The van der Waals surface area contributed by atoms with Gasteiger partial charge in [0.15, 0.2) is 0 Å². The van der Waals surface area contributed by atoms with Crippen LogP contribution in [0.25, 0.3) is 0 Å². The Balaban J connectivity index is 2.69. The van der Waals surface area contributed by atoms with Crippen LogP contribution >= 0.6 is 11.3 Å². The first-order valence-corrected chi connectivity index (χ1v) is 5.11. The molecule has 0 aliphatic rings. The van der Waals surface area contributed by atoms with E-state index in [4.69, 9.17) is 0 Å². The van der Waals surface area contributed by atoms with Crippen molar-refractivity contribution in [2.24, 2.45) is 5.41 Å². The summed E-state index contributed by atoms with van der Waals surface area (Å²) in [5.41, 5.74) is -0.0434. The van der Waals surface area contributed by atoms with Gasteiger partial charge in [0, 0.05) is 10.3 Å². The average Bonchev–Trinajstić information content (AvgIpc) is 2.50. The highest BCUT2D eigenvalue weighted by Crippen LogP contribution is 2.19. The molecule has 0 saturated carbocycles. The molecule has 0 radical (unpaired) electrons. The maximum absolute atomic E-state index is 9.61. The zero-order valence-electron chi connectivity index (χ0n) is 8.16. The van der Waals surface area contributed by atoms with Crippen molar-refractivity contribution in [3.05, 3.63) is 22.4 Å². The molecule has 0 aromatic carbocycles. The van der Waals surface area contributed by atoms with Gasteiger partial charge in [-0.3, -0.25) is 0 Å². The molecule has 0 aliphatic carbocycles. The molecule has 0 saturated heterocycles. The average molecular weight is 194 g/mol. The van der Waals surface area contributed by atoms with Gasteiger partial charge in [-0.15, -0.1) is 11.3 Å². The first-order valence-electron chi connectivity index (χ1n) is 4.23. The fourth-order valence-corrected chi connectivity index (χ4v) is 1.46. The molecule has 1 N–H and O–H groups in total. The third-order valence-corrected chi connectivity index (χ3v) is 2.32. The predicted molar refractivity (Wildman–Crippen MR) is 56.5 cm³/mol. The maximum atomic E-state index is 9.61. The van der Waals surface area contributed by atoms with Gasteiger partial charge in [0.05, 0.1) is 0 Å². The van der Waals surface area contributed by atoms with Gasteiger partial charge in [-0.05, 0) is 32.2 Å². The van der Waals surface area contributed by atoms with E-state index in [1.165, 1.54) is 11.3 Å². The number of rotatable bonds is 1. The number of hydrogen-bond donors (Lipinski definition) is 1. The predicted octanol–water partition coefficient (Wildman–Crippen LogP) is 2.83. The lowest BCUT2D eigenvalue weighted by atomic mass is 9.97. The maximum Gasteiger partial charge on any atom is 0.149 e. The van der Waals surface area contributed by atoms with E-state index in [0.717, 1.165) is 4.88 Å². The molecule has 13 heavy (non-hydrogen) atoms. The number of aliphatic hydroxyl groups excluding tert-OH is 1. The van der Waals surface area contributed by atoms with Gasteiger partial charge in [-0.1, -0.05) is 17.9 Å². The molecular weight excluding hydrogens is 180 g/mol. The fraction of sp³-hybridized carbons (Fsp3) is 0.455. The van der Waals surface area contributed by atoms with Crippen molar-refractivity contribution in [2.75, 3.05) is 0 Å². The van der Waals surface area contributed by atoms with Gasteiger partial charge in [-0.25, -0.2) is 0 Å². The quantitative estimate of drug-likeness (QED) is 0.682. The second-order valence-electron chi connectivity index (χ2n) is 3.94. The van der Waals surface area contributed by atoms with Gasteiger partial charge in [0.1, 0.15) is 6.10 Å². The summed E-state index contributed by atoms with van der Waals surface area (Å²) in [6.45, 7) is 6.09. The molecule has 0 aliphatic heterocycles. The molecule has 1 aromatic rings. The molecule has 0 bridgehead atoms. The highest BCUT2D eigenvalue weighted by atomic mass is 32.1. The monoisotopic (exact) mass is 194 g/mol. The molecule has 0 spiro atoms. The van der Waals surface area contributed by atoms with Crippen molar-refractivity contribution < 1.29 is 5.11 Å². The summed E-state index contributed by atoms with van der Waals surface area (Å²) in [7, 11) is 0. The Morgan fingerprint density at radius 2 is 2.15 bits per heavy atom. The Kier molecular flexibility index (Phi) is 3.13. The molecule has 1 heterocycles. The van der Waals surface area contributed by atoms with Crippen LogP contribution in [0.15, 0.2) is 17.5 Å². The van der Waals surface area contributed by atoms with Crippen LogP contribution in [-0.4, -0.2) is 5.11 Å². The largest absolute Gasteiger partial charge is 0.375 e. The third kappa shape index (κ3) is 3.63. The van der Waals surface area contributed by atoms with Crippen molar-refractivity contribution in [2.45, 2.75) is 26.9 Å². The lowest BCUT2D eigenvalue weighted by molar-refractivity contribution is 0.241. The Morgan fingerprint density at radius 3 is 2.62 bits per heavy atom. The minimum absolute atomic E-state index is 0.0434. The van der Waals surface area contributed by atoms with Gasteiger partial charge >= 0.3 is 0 Å². The molecule has 0 fully saturated rings. The minimum atomic E-state index is -0.626. The Hall–Kier alpha value is -0.780. The van der Waals surface area contributed by atoms with Crippen LogP contribution in [0.3, 0.4) is 0 Å². The molecule has 1 aromatic heterocycles. The second kappa shape index (κ2) is 3.95. The number of aliphatic hydroxyl groups is 1. The van der Waals surface area contributed by atoms with Crippen LogP contribution in [0.2, 0.25) is 0 Å². The van der Waals surface area contributed by atoms with Crippen molar-refractivity contribution in [1.29, 1.82) is 0 Å². The van der Waals surface area contributed by atoms with E-state index >= 15 is 0 Å². The summed E-state index contributed by atoms with van der Waals surface area (Å²) >= 11 is 1.53. The minimum Gasteiger partial charge on any atom is -0.375 e. The van der Waals surface area contributed by atoms with E-state index in [1.54, 1.807) is 0 Å². The van der Waals surface area contributed by atoms with Crippen molar-refractivity contribution in [3.63, 3.8) is 0 Å². The normalized spacial score (nSPS) is 13.2. The number of thiophene rings is 1. The smallest absolute Gasteiger partial charge is 0.149 e. The molecule has 2 heteroatoms. The zero-order chi connectivity index (χ0) is 9.90. The van der Waals surface area contributed by atoms with Crippen LogP contribution in [0.4, 0.5) is 0 Å². The lowest BCUT2D eigenvalue weighted by Crippen LogP contribution is -2.01. The first-order chi connectivity index (χ1) is 5.99. The molecule has 1 nitrogen and oxygen atoms in total. The molecule has 0 unspecified atom stereocenters. The van der Waals surface area contributed by atoms with Gasteiger partial charge in [-0.2, -0.15) is 0 Å². The Labute approximate surface area is 83.4 Å². The summed E-state index contributed by atoms with van der Waals surface area (Å²) in [4.78, 5) is 0.914. The van der Waals surface area contributed by atoms with Crippen LogP contribution in [0.5, 0.6) is 0 Å². The molecule has 0 amide bonds. The molecule has 1 atom stereocenters. The summed E-state index contributed by atoms with van der Waals surface area (Å²) in [5.74, 6) is 5.86. The van der Waals surface area contributed by atoms with Crippen LogP contribution in [0.1, 0.15) is 31.8 Å². The highest BCUT2D eigenvalue weighted by Gasteiger charge is 2.07. The van der Waals surface area contributed by atoms with E-state index in [2.05, 4.69) is 11.8 Å². The van der Waals surface area contributed by atoms with E-state index in [-0.39, 0.29) is 5.41 Å². The molecule has 1 rings (SSSR count). The third-order valence-electron chi connectivity index (χ3n) is 1.40. The zero-order valence-corrected chi connectivity index (χ0v) is 8.98. The first kappa shape index (κ1) is 10.3. The summed E-state index contributed by atoms with van der Waals surface area (Å²) in [6.07, 6.45) is -0.626. The summed E-state index contributed by atoms with van der Waals surface area (Å²) < 4.78 is 0. The number of hydrogen-bond acceptors (Lipinski definition) is 2. The van der Waals surface area contributed by atoms with Crippen molar-refractivity contribution in [1.82, 2.24) is 0 Å². The lowest BCUT2D eigenvalue weighted by Gasteiger charge is -2.08.